The van der Waals surface area contributed by atoms with Gasteiger partial charge in [0, 0.05) is 19.1 Å². The lowest BCUT2D eigenvalue weighted by atomic mass is 10.0. The van der Waals surface area contributed by atoms with Crippen molar-refractivity contribution >= 4 is 30.1 Å². The van der Waals surface area contributed by atoms with Crippen molar-refractivity contribution in [2.45, 2.75) is 31.7 Å². The largest absolute Gasteiger partial charge is 0.341 e. The number of carbonyl (C=O) groups excluding carboxylic acids is 3. The quantitative estimate of drug-likeness (QED) is 0.793. The van der Waals surface area contributed by atoms with Gasteiger partial charge in [-0.3, -0.25) is 19.3 Å². The molecule has 1 saturated heterocycles. The normalized spacial score (nSPS) is 20.2. The van der Waals surface area contributed by atoms with Crippen molar-refractivity contribution < 1.29 is 14.4 Å². The molecule has 140 valence electrons. The first-order chi connectivity index (χ1) is 12.1. The molecule has 3 amide bonds. The number of carbonyl (C=O) groups is 3. The van der Waals surface area contributed by atoms with Gasteiger partial charge in [0.1, 0.15) is 6.54 Å². The van der Waals surface area contributed by atoms with Gasteiger partial charge in [0.05, 0.1) is 11.1 Å². The number of nitrogens with one attached hydrogen (secondary N) is 1. The average Bonchev–Trinajstić information content (AvgIpc) is 3.44. The predicted molar refractivity (Wildman–Crippen MR) is 99.4 cm³/mol. The van der Waals surface area contributed by atoms with Crippen molar-refractivity contribution in [1.82, 2.24) is 15.1 Å². The molecule has 2 heterocycles. The lowest BCUT2D eigenvalue weighted by Gasteiger charge is -2.33. The standard InChI is InChI=1S/C19H23N3O3.ClH/c23-17(21-9-7-14(8-10-21)20-11-13-5-6-13)12-22-18(24)15-3-1-2-4-16(15)19(22)25;/h1-4,13-14,20H,5-12H2;1H. The van der Waals surface area contributed by atoms with Gasteiger partial charge in [0.15, 0.2) is 0 Å². The summed E-state index contributed by atoms with van der Waals surface area (Å²) < 4.78 is 0. The fourth-order valence-electron chi connectivity index (χ4n) is 3.61. The van der Waals surface area contributed by atoms with Gasteiger partial charge in [-0.05, 0) is 50.3 Å². The average molecular weight is 378 g/mol. The monoisotopic (exact) mass is 377 g/mol. The van der Waals surface area contributed by atoms with Gasteiger partial charge in [-0.25, -0.2) is 0 Å². The fraction of sp³-hybridized carbons (Fsp3) is 0.526. The second kappa shape index (κ2) is 7.76. The first-order valence-corrected chi connectivity index (χ1v) is 9.10. The Bertz CT molecular complexity index is 677. The molecule has 1 N–H and O–H groups in total. The van der Waals surface area contributed by atoms with E-state index in [-0.39, 0.29) is 36.7 Å². The summed E-state index contributed by atoms with van der Waals surface area (Å²) in [7, 11) is 0. The van der Waals surface area contributed by atoms with Gasteiger partial charge >= 0.3 is 0 Å². The predicted octanol–water partition coefficient (Wildman–Crippen LogP) is 1.70. The van der Waals surface area contributed by atoms with Crippen LogP contribution >= 0.6 is 12.4 Å². The maximum Gasteiger partial charge on any atom is 0.262 e. The highest BCUT2D eigenvalue weighted by Gasteiger charge is 2.37. The lowest BCUT2D eigenvalue weighted by molar-refractivity contribution is -0.132. The molecule has 1 saturated carbocycles. The number of rotatable bonds is 5. The molecule has 26 heavy (non-hydrogen) atoms. The van der Waals surface area contributed by atoms with Crippen LogP contribution in [0, 0.1) is 5.92 Å². The van der Waals surface area contributed by atoms with E-state index in [1.165, 1.54) is 12.8 Å². The second-order valence-corrected chi connectivity index (χ2v) is 7.25. The topological polar surface area (TPSA) is 69.7 Å². The van der Waals surface area contributed by atoms with Crippen LogP contribution in [0.2, 0.25) is 0 Å². The molecule has 0 spiro atoms. The van der Waals surface area contributed by atoms with Crippen molar-refractivity contribution in [3.8, 4) is 0 Å². The van der Waals surface area contributed by atoms with Crippen LogP contribution in [-0.2, 0) is 4.79 Å². The zero-order valence-electron chi connectivity index (χ0n) is 14.6. The molecule has 1 aliphatic carbocycles. The minimum atomic E-state index is -0.366. The molecule has 0 bridgehead atoms. The Labute approximate surface area is 159 Å². The van der Waals surface area contributed by atoms with Gasteiger partial charge in [-0.2, -0.15) is 0 Å². The lowest BCUT2D eigenvalue weighted by Crippen LogP contribution is -2.49. The Morgan fingerprint density at radius 3 is 2.12 bits per heavy atom. The van der Waals surface area contributed by atoms with Crippen molar-refractivity contribution in [2.24, 2.45) is 5.92 Å². The van der Waals surface area contributed by atoms with Gasteiger partial charge in [-0.1, -0.05) is 12.1 Å². The van der Waals surface area contributed by atoms with Crippen molar-refractivity contribution in [3.05, 3.63) is 35.4 Å². The van der Waals surface area contributed by atoms with Crippen molar-refractivity contribution in [1.29, 1.82) is 0 Å². The summed E-state index contributed by atoms with van der Waals surface area (Å²) in [4.78, 5) is 40.1. The molecular weight excluding hydrogens is 354 g/mol. The number of piperidine rings is 1. The Morgan fingerprint density at radius 2 is 1.58 bits per heavy atom. The molecule has 0 radical (unpaired) electrons. The minimum Gasteiger partial charge on any atom is -0.341 e. The number of halogens is 1. The van der Waals surface area contributed by atoms with E-state index in [0.29, 0.717) is 30.3 Å². The zero-order chi connectivity index (χ0) is 17.4. The Hall–Kier alpha value is -1.92. The molecule has 2 aliphatic heterocycles. The third-order valence-corrected chi connectivity index (χ3v) is 5.41. The van der Waals surface area contributed by atoms with Crippen LogP contribution in [0.15, 0.2) is 24.3 Å². The Kier molecular flexibility index (Phi) is 5.63. The van der Waals surface area contributed by atoms with E-state index in [1.54, 1.807) is 29.2 Å². The van der Waals surface area contributed by atoms with Crippen LogP contribution < -0.4 is 5.32 Å². The summed E-state index contributed by atoms with van der Waals surface area (Å²) >= 11 is 0. The Morgan fingerprint density at radius 1 is 1.00 bits per heavy atom. The molecule has 2 fully saturated rings. The fourth-order valence-corrected chi connectivity index (χ4v) is 3.61. The maximum absolute atomic E-state index is 12.5. The number of imide groups is 1. The smallest absolute Gasteiger partial charge is 0.262 e. The molecule has 6 nitrogen and oxygen atoms in total. The van der Waals surface area contributed by atoms with Crippen LogP contribution in [0.25, 0.3) is 0 Å². The van der Waals surface area contributed by atoms with Gasteiger partial charge < -0.3 is 10.2 Å². The first kappa shape index (κ1) is 18.9. The van der Waals surface area contributed by atoms with Crippen LogP contribution in [0.1, 0.15) is 46.4 Å². The number of fused-ring (bicyclic) bond motifs is 1. The molecule has 0 unspecified atom stereocenters. The molecular formula is C19H24ClN3O3. The summed E-state index contributed by atoms with van der Waals surface area (Å²) in [6, 6.07) is 7.21. The number of nitrogens with zero attached hydrogens (tertiary/aromatic N) is 2. The Balaban J connectivity index is 0.00000196. The SMILES string of the molecule is Cl.O=C(CN1C(=O)c2ccccc2C1=O)N1CCC(NCC2CC2)CC1. The van der Waals surface area contributed by atoms with E-state index >= 15 is 0 Å². The van der Waals surface area contributed by atoms with E-state index in [9.17, 15) is 14.4 Å². The summed E-state index contributed by atoms with van der Waals surface area (Å²) in [5.41, 5.74) is 0.784. The summed E-state index contributed by atoms with van der Waals surface area (Å²) in [6.45, 7) is 2.30. The number of amides is 3. The minimum absolute atomic E-state index is 0. The first-order valence-electron chi connectivity index (χ1n) is 9.10. The van der Waals surface area contributed by atoms with E-state index in [4.69, 9.17) is 0 Å². The third-order valence-electron chi connectivity index (χ3n) is 5.41. The highest BCUT2D eigenvalue weighted by molar-refractivity contribution is 6.22. The number of hydrogen-bond donors (Lipinski definition) is 1. The summed E-state index contributed by atoms with van der Waals surface area (Å²) in [6.07, 6.45) is 4.54. The van der Waals surface area contributed by atoms with Crippen molar-refractivity contribution in [2.75, 3.05) is 26.2 Å². The summed E-state index contributed by atoms with van der Waals surface area (Å²) in [5.74, 6) is -0.0199. The van der Waals surface area contributed by atoms with E-state index in [1.807, 2.05) is 0 Å². The number of hydrogen-bond acceptors (Lipinski definition) is 4. The molecule has 0 atom stereocenters. The molecule has 1 aromatic rings. The molecule has 3 aliphatic rings. The highest BCUT2D eigenvalue weighted by atomic mass is 35.5. The number of benzene rings is 1. The third kappa shape index (κ3) is 3.76. The molecule has 7 heteroatoms. The zero-order valence-corrected chi connectivity index (χ0v) is 15.5. The van der Waals surface area contributed by atoms with E-state index in [2.05, 4.69) is 5.32 Å². The summed E-state index contributed by atoms with van der Waals surface area (Å²) in [5, 5.41) is 3.59. The van der Waals surface area contributed by atoms with Crippen LogP contribution in [0.4, 0.5) is 0 Å². The molecule has 4 rings (SSSR count). The molecule has 1 aromatic carbocycles. The molecule has 0 aromatic heterocycles. The van der Waals surface area contributed by atoms with E-state index < -0.39 is 0 Å². The number of likely N-dealkylation sites (tertiary alicyclic amines) is 1. The van der Waals surface area contributed by atoms with Crippen LogP contribution in [0.3, 0.4) is 0 Å². The second-order valence-electron chi connectivity index (χ2n) is 7.25. The van der Waals surface area contributed by atoms with Crippen LogP contribution in [0.5, 0.6) is 0 Å². The van der Waals surface area contributed by atoms with Gasteiger partial charge in [-0.15, -0.1) is 12.4 Å². The van der Waals surface area contributed by atoms with Crippen LogP contribution in [-0.4, -0.2) is 59.7 Å². The van der Waals surface area contributed by atoms with E-state index in [0.717, 1.165) is 30.2 Å². The highest BCUT2D eigenvalue weighted by Crippen LogP contribution is 2.28. The maximum atomic E-state index is 12.5. The van der Waals surface area contributed by atoms with Crippen molar-refractivity contribution in [3.63, 3.8) is 0 Å². The van der Waals surface area contributed by atoms with Gasteiger partial charge in [0.25, 0.3) is 11.8 Å². The van der Waals surface area contributed by atoms with Gasteiger partial charge in [0.2, 0.25) is 5.91 Å².